The number of sulfonamides is 1. The van der Waals surface area contributed by atoms with Gasteiger partial charge in [-0.05, 0) is 43.2 Å². The monoisotopic (exact) mass is 420 g/mol. The molecule has 0 bridgehead atoms. The highest BCUT2D eigenvalue weighted by Gasteiger charge is 2.55. The molecule has 2 aliphatic carbocycles. The minimum Gasteiger partial charge on any atom is -0.486 e. The summed E-state index contributed by atoms with van der Waals surface area (Å²) in [5.74, 6) is 0.910. The molecule has 1 aromatic rings. The van der Waals surface area contributed by atoms with Crippen molar-refractivity contribution in [3.8, 4) is 11.5 Å². The van der Waals surface area contributed by atoms with E-state index in [2.05, 4.69) is 5.32 Å². The number of ether oxygens (including phenoxy) is 2. The van der Waals surface area contributed by atoms with Crippen LogP contribution in [0.4, 0.5) is 5.69 Å². The molecule has 2 heterocycles. The highest BCUT2D eigenvalue weighted by molar-refractivity contribution is 7.90. The fourth-order valence-corrected chi connectivity index (χ4v) is 7.12. The molecule has 1 atom stereocenters. The normalized spacial score (nSPS) is 26.4. The minimum absolute atomic E-state index is 0.0860. The molecule has 2 saturated carbocycles. The van der Waals surface area contributed by atoms with Gasteiger partial charge in [-0.2, -0.15) is 0 Å². The Morgan fingerprint density at radius 2 is 1.79 bits per heavy atom. The van der Waals surface area contributed by atoms with Crippen LogP contribution in [0.2, 0.25) is 0 Å². The summed E-state index contributed by atoms with van der Waals surface area (Å²) in [5.41, 5.74) is 0.423. The Kier molecular flexibility index (Phi) is 4.74. The molecule has 3 fully saturated rings. The summed E-state index contributed by atoms with van der Waals surface area (Å²) in [4.78, 5) is 13.3. The number of rotatable bonds is 4. The molecule has 1 N–H and O–H groups in total. The number of carbonyl (C=O) groups is 1. The smallest absolute Gasteiger partial charge is 0.229 e. The van der Waals surface area contributed by atoms with E-state index in [0.29, 0.717) is 43.5 Å². The van der Waals surface area contributed by atoms with Crippen molar-refractivity contribution in [2.45, 2.75) is 50.2 Å². The highest BCUT2D eigenvalue weighted by Crippen LogP contribution is 2.50. The number of fused-ring (bicyclic) bond motifs is 1. The Hall–Kier alpha value is -1.80. The molecule has 1 aromatic carbocycles. The van der Waals surface area contributed by atoms with Crippen molar-refractivity contribution >= 4 is 21.6 Å². The molecular formula is C21H28N2O5S. The summed E-state index contributed by atoms with van der Waals surface area (Å²) in [5, 5.41) is 2.79. The van der Waals surface area contributed by atoms with Crippen molar-refractivity contribution < 1.29 is 22.7 Å². The largest absolute Gasteiger partial charge is 0.486 e. The van der Waals surface area contributed by atoms with E-state index in [1.807, 2.05) is 6.07 Å². The predicted molar refractivity (Wildman–Crippen MR) is 109 cm³/mol. The van der Waals surface area contributed by atoms with Crippen LogP contribution in [0, 0.1) is 11.3 Å². The van der Waals surface area contributed by atoms with Gasteiger partial charge in [0.05, 0.1) is 11.2 Å². The van der Waals surface area contributed by atoms with Gasteiger partial charge in [0.15, 0.2) is 11.5 Å². The van der Waals surface area contributed by atoms with Crippen LogP contribution in [0.25, 0.3) is 0 Å². The summed E-state index contributed by atoms with van der Waals surface area (Å²) in [7, 11) is -3.28. The molecule has 4 aliphatic rings. The van der Waals surface area contributed by atoms with Gasteiger partial charge in [0.2, 0.25) is 15.9 Å². The number of carbonyl (C=O) groups excluding carboxylic acids is 1. The minimum atomic E-state index is -3.28. The molecule has 5 rings (SSSR count). The van der Waals surface area contributed by atoms with Crippen LogP contribution in [-0.4, -0.2) is 50.2 Å². The van der Waals surface area contributed by atoms with Crippen LogP contribution in [-0.2, 0) is 14.8 Å². The zero-order valence-corrected chi connectivity index (χ0v) is 17.4. The lowest BCUT2D eigenvalue weighted by Gasteiger charge is -2.37. The van der Waals surface area contributed by atoms with E-state index >= 15 is 0 Å². The first-order valence-corrected chi connectivity index (χ1v) is 12.2. The zero-order chi connectivity index (χ0) is 20.1. The number of benzene rings is 1. The first-order chi connectivity index (χ1) is 14.0. The van der Waals surface area contributed by atoms with E-state index < -0.39 is 10.0 Å². The van der Waals surface area contributed by atoms with Crippen molar-refractivity contribution in [1.29, 1.82) is 0 Å². The van der Waals surface area contributed by atoms with Crippen LogP contribution >= 0.6 is 0 Å². The van der Waals surface area contributed by atoms with Gasteiger partial charge in [0.1, 0.15) is 13.2 Å². The van der Waals surface area contributed by atoms with E-state index in [-0.39, 0.29) is 22.5 Å². The molecule has 0 radical (unpaired) electrons. The summed E-state index contributed by atoms with van der Waals surface area (Å²) >= 11 is 0. The maximum absolute atomic E-state index is 13.3. The lowest BCUT2D eigenvalue weighted by atomic mass is 9.67. The summed E-state index contributed by atoms with van der Waals surface area (Å²) in [6.07, 6.45) is 6.62. The molecule has 158 valence electrons. The van der Waals surface area contributed by atoms with E-state index in [0.717, 1.165) is 44.9 Å². The maximum atomic E-state index is 13.3. The van der Waals surface area contributed by atoms with Crippen LogP contribution in [0.5, 0.6) is 11.5 Å². The average molecular weight is 421 g/mol. The van der Waals surface area contributed by atoms with Gasteiger partial charge in [0, 0.05) is 24.8 Å². The molecule has 1 spiro atoms. The molecule has 8 heteroatoms. The van der Waals surface area contributed by atoms with Gasteiger partial charge >= 0.3 is 0 Å². The van der Waals surface area contributed by atoms with Crippen molar-refractivity contribution in [3.05, 3.63) is 18.2 Å². The van der Waals surface area contributed by atoms with Crippen molar-refractivity contribution in [2.75, 3.05) is 31.6 Å². The Morgan fingerprint density at radius 3 is 2.52 bits per heavy atom. The number of nitrogens with zero attached hydrogens (tertiary/aromatic N) is 1. The van der Waals surface area contributed by atoms with Crippen molar-refractivity contribution in [2.24, 2.45) is 11.3 Å². The van der Waals surface area contributed by atoms with E-state index in [4.69, 9.17) is 9.47 Å². The highest BCUT2D eigenvalue weighted by atomic mass is 32.2. The molecule has 0 unspecified atom stereocenters. The van der Waals surface area contributed by atoms with Crippen LogP contribution < -0.4 is 14.8 Å². The van der Waals surface area contributed by atoms with Gasteiger partial charge in [-0.25, -0.2) is 12.7 Å². The fourth-order valence-electron chi connectivity index (χ4n) is 5.17. The third-order valence-electron chi connectivity index (χ3n) is 6.90. The maximum Gasteiger partial charge on any atom is 0.229 e. The number of amides is 1. The van der Waals surface area contributed by atoms with Crippen LogP contribution in [0.1, 0.15) is 44.9 Å². The van der Waals surface area contributed by atoms with E-state index in [9.17, 15) is 13.2 Å². The Balaban J connectivity index is 1.37. The lowest BCUT2D eigenvalue weighted by molar-refractivity contribution is -0.123. The Bertz CT molecular complexity index is 906. The standard InChI is InChI=1S/C21H28N2O5S/c24-20(22-15-4-7-18-19(12-15)28-11-10-27-18)17-13-23(29(25,26)16-5-6-16)14-21(17)8-2-1-3-9-21/h4,7,12,16-17H,1-3,5-6,8-11,13-14H2,(H,22,24)/t17-/m0/s1. The first-order valence-electron chi connectivity index (χ1n) is 10.7. The Morgan fingerprint density at radius 1 is 1.07 bits per heavy atom. The third-order valence-corrected chi connectivity index (χ3v) is 9.21. The summed E-state index contributed by atoms with van der Waals surface area (Å²) in [6.45, 7) is 1.80. The van der Waals surface area contributed by atoms with E-state index in [1.54, 1.807) is 16.4 Å². The molecule has 0 aromatic heterocycles. The quantitative estimate of drug-likeness (QED) is 0.810. The molecule has 7 nitrogen and oxygen atoms in total. The second kappa shape index (κ2) is 7.16. The first kappa shape index (κ1) is 19.2. The average Bonchev–Trinajstić information content (AvgIpc) is 3.52. The summed E-state index contributed by atoms with van der Waals surface area (Å²) < 4.78 is 38.5. The molecule has 1 amide bonds. The zero-order valence-electron chi connectivity index (χ0n) is 16.6. The second-order valence-corrected chi connectivity index (χ2v) is 11.1. The number of anilines is 1. The Labute approximate surface area is 171 Å². The lowest BCUT2D eigenvalue weighted by Crippen LogP contribution is -2.39. The van der Waals surface area contributed by atoms with Gasteiger partial charge in [-0.15, -0.1) is 0 Å². The molecule has 2 aliphatic heterocycles. The number of hydrogen-bond acceptors (Lipinski definition) is 5. The number of hydrogen-bond donors (Lipinski definition) is 1. The molecular weight excluding hydrogens is 392 g/mol. The summed E-state index contributed by atoms with van der Waals surface area (Å²) in [6, 6.07) is 5.40. The van der Waals surface area contributed by atoms with Gasteiger partial charge < -0.3 is 14.8 Å². The fraction of sp³-hybridized carbons (Fsp3) is 0.667. The third kappa shape index (κ3) is 3.50. The molecule has 29 heavy (non-hydrogen) atoms. The topological polar surface area (TPSA) is 84.9 Å². The van der Waals surface area contributed by atoms with Gasteiger partial charge in [-0.1, -0.05) is 19.3 Å². The molecule has 1 saturated heterocycles. The second-order valence-electron chi connectivity index (χ2n) is 8.86. The van der Waals surface area contributed by atoms with Gasteiger partial charge in [-0.3, -0.25) is 4.79 Å². The van der Waals surface area contributed by atoms with Crippen LogP contribution in [0.3, 0.4) is 0 Å². The van der Waals surface area contributed by atoms with E-state index in [1.165, 1.54) is 0 Å². The SMILES string of the molecule is O=C(Nc1ccc2c(c1)OCCO2)[C@@H]1CN(S(=O)(=O)C2CC2)CC12CCCCC2. The van der Waals surface area contributed by atoms with Gasteiger partial charge in [0.25, 0.3) is 0 Å². The van der Waals surface area contributed by atoms with Crippen molar-refractivity contribution in [1.82, 2.24) is 4.31 Å². The predicted octanol–water partition coefficient (Wildman–Crippen LogP) is 2.77. The van der Waals surface area contributed by atoms with Crippen LogP contribution in [0.15, 0.2) is 18.2 Å². The number of nitrogens with one attached hydrogen (secondary N) is 1. The van der Waals surface area contributed by atoms with Crippen molar-refractivity contribution in [3.63, 3.8) is 0 Å².